The number of amides is 1. The summed E-state index contributed by atoms with van der Waals surface area (Å²) in [7, 11) is 3.35. The molecule has 0 fully saturated rings. The number of aryl methyl sites for hydroxylation is 2. The maximum atomic E-state index is 12.4. The van der Waals surface area contributed by atoms with Crippen LogP contribution < -0.4 is 5.73 Å². The van der Waals surface area contributed by atoms with Crippen molar-refractivity contribution in [3.05, 3.63) is 17.5 Å². The third-order valence-electron chi connectivity index (χ3n) is 2.70. The highest BCUT2D eigenvalue weighted by Gasteiger charge is 2.19. The Morgan fingerprint density at radius 1 is 1.58 bits per heavy atom. The highest BCUT2D eigenvalue weighted by molar-refractivity contribution is 7.80. The molecule has 0 aliphatic carbocycles. The number of thiocarbonyl (C=S) groups is 1. The van der Waals surface area contributed by atoms with Crippen molar-refractivity contribution >= 4 is 23.1 Å². The average Bonchev–Trinajstić information content (AvgIpc) is 2.67. The minimum Gasteiger partial charge on any atom is -0.393 e. The molecule has 1 amide bonds. The number of nitrogens with zero attached hydrogens (tertiary/aromatic N) is 3. The third kappa shape index (κ3) is 4.60. The van der Waals surface area contributed by atoms with Gasteiger partial charge in [0.15, 0.2) is 0 Å². The summed E-state index contributed by atoms with van der Waals surface area (Å²) in [6.45, 7) is 3.31. The van der Waals surface area contributed by atoms with E-state index in [1.807, 2.05) is 6.92 Å². The van der Waals surface area contributed by atoms with E-state index in [2.05, 4.69) is 5.10 Å². The molecule has 0 aliphatic rings. The Labute approximate surface area is 118 Å². The van der Waals surface area contributed by atoms with Gasteiger partial charge in [-0.3, -0.25) is 9.48 Å². The lowest BCUT2D eigenvalue weighted by molar-refractivity contribution is 0.0690. The Balaban J connectivity index is 2.80. The van der Waals surface area contributed by atoms with Crippen LogP contribution in [0.1, 0.15) is 22.6 Å². The average molecular weight is 284 g/mol. The fourth-order valence-electron chi connectivity index (χ4n) is 1.73. The molecule has 0 saturated carbocycles. The summed E-state index contributed by atoms with van der Waals surface area (Å²) in [5.74, 6) is -0.0867. The minimum absolute atomic E-state index is 0.0867. The number of hydrogen-bond acceptors (Lipinski definition) is 4. The van der Waals surface area contributed by atoms with Crippen molar-refractivity contribution in [2.75, 3.05) is 26.8 Å². The van der Waals surface area contributed by atoms with Gasteiger partial charge in [-0.15, -0.1) is 0 Å². The molecule has 2 N–H and O–H groups in total. The van der Waals surface area contributed by atoms with Crippen LogP contribution in [0.25, 0.3) is 0 Å². The quantitative estimate of drug-likeness (QED) is 0.738. The first-order valence-corrected chi connectivity index (χ1v) is 6.43. The zero-order valence-electron chi connectivity index (χ0n) is 11.5. The molecule has 1 aromatic heterocycles. The summed E-state index contributed by atoms with van der Waals surface area (Å²) in [5.41, 5.74) is 6.85. The maximum absolute atomic E-state index is 12.4. The van der Waals surface area contributed by atoms with Crippen molar-refractivity contribution in [1.82, 2.24) is 14.7 Å². The lowest BCUT2D eigenvalue weighted by atomic mass is 10.3. The molecule has 19 heavy (non-hydrogen) atoms. The van der Waals surface area contributed by atoms with E-state index in [4.69, 9.17) is 22.7 Å². The van der Waals surface area contributed by atoms with Crippen LogP contribution in [-0.2, 0) is 11.8 Å². The molecule has 1 aromatic rings. The molecule has 0 spiro atoms. The zero-order valence-corrected chi connectivity index (χ0v) is 12.4. The topological polar surface area (TPSA) is 73.4 Å². The number of aromatic nitrogens is 2. The van der Waals surface area contributed by atoms with E-state index in [9.17, 15) is 4.79 Å². The van der Waals surface area contributed by atoms with E-state index in [1.54, 1.807) is 29.8 Å². The molecule has 0 bridgehead atoms. The molecular weight excluding hydrogens is 264 g/mol. The van der Waals surface area contributed by atoms with Gasteiger partial charge in [0.05, 0.1) is 17.3 Å². The monoisotopic (exact) mass is 284 g/mol. The van der Waals surface area contributed by atoms with Gasteiger partial charge in [-0.1, -0.05) is 12.2 Å². The van der Waals surface area contributed by atoms with Crippen molar-refractivity contribution in [3.8, 4) is 0 Å². The minimum atomic E-state index is -0.0867. The van der Waals surface area contributed by atoms with Gasteiger partial charge in [0.2, 0.25) is 0 Å². The molecule has 0 atom stereocenters. The van der Waals surface area contributed by atoms with Crippen LogP contribution in [0.5, 0.6) is 0 Å². The Morgan fingerprint density at radius 3 is 2.74 bits per heavy atom. The molecule has 0 aromatic carbocycles. The number of carbonyl (C=O) groups is 1. The normalized spacial score (nSPS) is 10.5. The predicted molar refractivity (Wildman–Crippen MR) is 77.1 cm³/mol. The van der Waals surface area contributed by atoms with Crippen molar-refractivity contribution in [1.29, 1.82) is 0 Å². The number of carbonyl (C=O) groups excluding carboxylic acids is 1. The number of ether oxygens (including phenoxy) is 1. The fraction of sp³-hybridized carbons (Fsp3) is 0.583. The third-order valence-corrected chi connectivity index (χ3v) is 2.91. The first kappa shape index (κ1) is 15.6. The standard InChI is InChI=1S/C12H20N4O2S/c1-9-8-10(15(2)14-9)12(17)16(6-7-18-3)5-4-11(13)19/h8H,4-7H2,1-3H3,(H2,13,19). The molecule has 1 heterocycles. The Kier molecular flexibility index (Phi) is 5.91. The van der Waals surface area contributed by atoms with Crippen LogP contribution in [0.4, 0.5) is 0 Å². The van der Waals surface area contributed by atoms with Crippen LogP contribution in [0.3, 0.4) is 0 Å². The van der Waals surface area contributed by atoms with Crippen LogP contribution in [0, 0.1) is 6.92 Å². The first-order valence-electron chi connectivity index (χ1n) is 6.03. The van der Waals surface area contributed by atoms with E-state index in [1.165, 1.54) is 0 Å². The molecule has 0 unspecified atom stereocenters. The van der Waals surface area contributed by atoms with Crippen LogP contribution >= 0.6 is 12.2 Å². The molecule has 1 rings (SSSR count). The van der Waals surface area contributed by atoms with Gasteiger partial charge in [0.1, 0.15) is 5.69 Å². The van der Waals surface area contributed by atoms with Crippen LogP contribution in [0.15, 0.2) is 6.07 Å². The van der Waals surface area contributed by atoms with E-state index in [-0.39, 0.29) is 5.91 Å². The summed E-state index contributed by atoms with van der Waals surface area (Å²) >= 11 is 4.85. The lowest BCUT2D eigenvalue weighted by Crippen LogP contribution is -2.37. The molecule has 6 nitrogen and oxygen atoms in total. The van der Waals surface area contributed by atoms with E-state index >= 15 is 0 Å². The summed E-state index contributed by atoms with van der Waals surface area (Å²) in [6, 6.07) is 1.77. The van der Waals surface area contributed by atoms with Crippen LogP contribution in [-0.4, -0.2) is 52.4 Å². The van der Waals surface area contributed by atoms with Crippen molar-refractivity contribution < 1.29 is 9.53 Å². The zero-order chi connectivity index (χ0) is 14.4. The maximum Gasteiger partial charge on any atom is 0.272 e. The van der Waals surface area contributed by atoms with Crippen molar-refractivity contribution in [3.63, 3.8) is 0 Å². The second-order valence-electron chi connectivity index (χ2n) is 4.30. The number of rotatable bonds is 7. The fourth-order valence-corrected chi connectivity index (χ4v) is 1.83. The second kappa shape index (κ2) is 7.20. The highest BCUT2D eigenvalue weighted by atomic mass is 32.1. The smallest absolute Gasteiger partial charge is 0.272 e. The molecule has 0 aliphatic heterocycles. The number of nitrogens with two attached hydrogens (primary N) is 1. The van der Waals surface area contributed by atoms with E-state index in [0.29, 0.717) is 36.8 Å². The van der Waals surface area contributed by atoms with Gasteiger partial charge in [-0.05, 0) is 13.0 Å². The van der Waals surface area contributed by atoms with Gasteiger partial charge in [0, 0.05) is 33.7 Å². The molecule has 0 saturated heterocycles. The Morgan fingerprint density at radius 2 is 2.26 bits per heavy atom. The summed E-state index contributed by atoms with van der Waals surface area (Å²) in [4.78, 5) is 14.5. The van der Waals surface area contributed by atoms with Crippen LogP contribution in [0.2, 0.25) is 0 Å². The van der Waals surface area contributed by atoms with Gasteiger partial charge in [0.25, 0.3) is 5.91 Å². The highest BCUT2D eigenvalue weighted by Crippen LogP contribution is 2.07. The van der Waals surface area contributed by atoms with Crippen molar-refractivity contribution in [2.45, 2.75) is 13.3 Å². The molecule has 106 valence electrons. The van der Waals surface area contributed by atoms with E-state index in [0.717, 1.165) is 5.69 Å². The van der Waals surface area contributed by atoms with Gasteiger partial charge in [-0.2, -0.15) is 5.10 Å². The largest absolute Gasteiger partial charge is 0.393 e. The molecule has 7 heteroatoms. The SMILES string of the molecule is COCCN(CCC(N)=S)C(=O)c1cc(C)nn1C. The summed E-state index contributed by atoms with van der Waals surface area (Å²) in [6.07, 6.45) is 0.502. The first-order chi connectivity index (χ1) is 8.95. The van der Waals surface area contributed by atoms with Gasteiger partial charge in [-0.25, -0.2) is 0 Å². The summed E-state index contributed by atoms with van der Waals surface area (Å²) in [5, 5.41) is 4.18. The summed E-state index contributed by atoms with van der Waals surface area (Å²) < 4.78 is 6.60. The number of methoxy groups -OCH3 is 1. The molecule has 0 radical (unpaired) electrons. The van der Waals surface area contributed by atoms with Gasteiger partial charge >= 0.3 is 0 Å². The Bertz CT molecular complexity index is 459. The van der Waals surface area contributed by atoms with Gasteiger partial charge < -0.3 is 15.4 Å². The Hall–Kier alpha value is -1.47. The second-order valence-corrected chi connectivity index (χ2v) is 4.82. The lowest BCUT2D eigenvalue weighted by Gasteiger charge is -2.22. The predicted octanol–water partition coefficient (Wildman–Crippen LogP) is 0.493. The molecular formula is C12H20N4O2S. The van der Waals surface area contributed by atoms with Crippen molar-refractivity contribution in [2.24, 2.45) is 12.8 Å². The van der Waals surface area contributed by atoms with E-state index < -0.39 is 0 Å². The number of hydrogen-bond donors (Lipinski definition) is 1.